The smallest absolute Gasteiger partial charge is 0.506 e. The standard InChI is InChI=1S/C18H14F3N3O5S.C14H11N3O/c1-2-28-17(25)15-10-16(24(23-15)12-6-4-3-5-7-12)14-9-8-13(11-22-14)29-30(26,27)18(19,20)21;18-12-6-7-13(15-10-12)14-8-9-16-17(14)11-4-2-1-3-5-11/h3-11H,2H2,1H3;1-10,18H. The third-order valence-corrected chi connectivity index (χ3v) is 7.32. The van der Waals surface area contributed by atoms with Crippen LogP contribution in [0.15, 0.2) is 116 Å². The summed E-state index contributed by atoms with van der Waals surface area (Å²) in [6, 6.07) is 27.5. The zero-order valence-electron chi connectivity index (χ0n) is 24.9. The van der Waals surface area contributed by atoms with Crippen molar-refractivity contribution in [2.45, 2.75) is 12.4 Å². The summed E-state index contributed by atoms with van der Waals surface area (Å²) in [5, 5.41) is 17.8. The van der Waals surface area contributed by atoms with Crippen LogP contribution in [-0.4, -0.2) is 61.1 Å². The number of benzene rings is 2. The van der Waals surface area contributed by atoms with Crippen molar-refractivity contribution in [3.63, 3.8) is 0 Å². The third kappa shape index (κ3) is 7.67. The SMILES string of the molecule is CCOC(=O)c1cc(-c2ccc(OS(=O)(=O)C(F)(F)F)cn2)n(-c2ccccc2)n1.Oc1ccc(-c2ccnn2-c2ccccc2)nc1. The van der Waals surface area contributed by atoms with Gasteiger partial charge in [0.2, 0.25) is 0 Å². The summed E-state index contributed by atoms with van der Waals surface area (Å²) in [6.45, 7) is 1.78. The molecule has 0 aliphatic heterocycles. The van der Waals surface area contributed by atoms with E-state index in [0.717, 1.165) is 29.3 Å². The second-order valence-corrected chi connectivity index (χ2v) is 11.1. The van der Waals surface area contributed by atoms with Crippen molar-refractivity contribution in [3.05, 3.63) is 121 Å². The topological polar surface area (TPSA) is 151 Å². The molecule has 0 amide bonds. The normalized spacial score (nSPS) is 11.3. The Bertz CT molecular complexity index is 2090. The lowest BCUT2D eigenvalue weighted by molar-refractivity contribution is -0.0500. The zero-order valence-corrected chi connectivity index (χ0v) is 25.7. The fraction of sp³-hybridized carbons (Fsp3) is 0.0938. The van der Waals surface area contributed by atoms with E-state index in [4.69, 9.17) is 4.74 Å². The first-order valence-electron chi connectivity index (χ1n) is 14.0. The molecule has 0 aliphatic carbocycles. The molecule has 0 bridgehead atoms. The number of rotatable bonds is 8. The summed E-state index contributed by atoms with van der Waals surface area (Å²) >= 11 is 0. The molecule has 6 rings (SSSR count). The van der Waals surface area contributed by atoms with Gasteiger partial charge in [-0.1, -0.05) is 36.4 Å². The number of esters is 1. The number of alkyl halides is 3. The molecule has 0 aliphatic rings. The molecule has 0 radical (unpaired) electrons. The average Bonchev–Trinajstić information content (AvgIpc) is 3.75. The average molecular weight is 679 g/mol. The van der Waals surface area contributed by atoms with Gasteiger partial charge in [0.15, 0.2) is 11.4 Å². The van der Waals surface area contributed by atoms with Crippen molar-refractivity contribution in [2.24, 2.45) is 0 Å². The highest BCUT2D eigenvalue weighted by Gasteiger charge is 2.48. The number of hydrogen-bond donors (Lipinski definition) is 1. The van der Waals surface area contributed by atoms with Crippen LogP contribution in [0.25, 0.3) is 34.2 Å². The fourth-order valence-corrected chi connectivity index (χ4v) is 4.65. The molecule has 12 nitrogen and oxygen atoms in total. The lowest BCUT2D eigenvalue weighted by atomic mass is 10.2. The van der Waals surface area contributed by atoms with Gasteiger partial charge in [0, 0.05) is 6.07 Å². The van der Waals surface area contributed by atoms with E-state index in [9.17, 15) is 31.5 Å². The van der Waals surface area contributed by atoms with Gasteiger partial charge >= 0.3 is 21.6 Å². The molecule has 246 valence electrons. The molecule has 0 saturated heterocycles. The van der Waals surface area contributed by atoms with Crippen LogP contribution in [0.2, 0.25) is 0 Å². The van der Waals surface area contributed by atoms with Crippen LogP contribution in [-0.2, 0) is 14.9 Å². The molecule has 6 aromatic rings. The van der Waals surface area contributed by atoms with Crippen molar-refractivity contribution in [2.75, 3.05) is 6.61 Å². The summed E-state index contributed by atoms with van der Waals surface area (Å²) in [4.78, 5) is 20.2. The lowest BCUT2D eigenvalue weighted by Gasteiger charge is -2.10. The van der Waals surface area contributed by atoms with Gasteiger partial charge in [-0.3, -0.25) is 9.97 Å². The Hall–Kier alpha value is -6.03. The maximum atomic E-state index is 12.5. The van der Waals surface area contributed by atoms with Gasteiger partial charge in [-0.15, -0.1) is 0 Å². The summed E-state index contributed by atoms with van der Waals surface area (Å²) in [5.74, 6) is -1.12. The third-order valence-electron chi connectivity index (χ3n) is 6.34. The Morgan fingerprint density at radius 3 is 1.98 bits per heavy atom. The van der Waals surface area contributed by atoms with E-state index in [1.54, 1.807) is 55.6 Å². The number of aromatic hydroxyl groups is 1. The molecule has 2 aromatic carbocycles. The Balaban J connectivity index is 0.000000212. The van der Waals surface area contributed by atoms with Gasteiger partial charge in [-0.2, -0.15) is 31.8 Å². The molecule has 0 atom stereocenters. The van der Waals surface area contributed by atoms with Crippen LogP contribution in [0.4, 0.5) is 13.2 Å². The Morgan fingerprint density at radius 1 is 0.812 bits per heavy atom. The van der Waals surface area contributed by atoms with Gasteiger partial charge in [-0.05, 0) is 61.5 Å². The number of carbonyl (C=O) groups is 1. The van der Waals surface area contributed by atoms with Gasteiger partial charge in [-0.25, -0.2) is 14.2 Å². The second kappa shape index (κ2) is 14.2. The molecule has 1 N–H and O–H groups in total. The van der Waals surface area contributed by atoms with E-state index in [-0.39, 0.29) is 23.7 Å². The molecule has 4 aromatic heterocycles. The van der Waals surface area contributed by atoms with E-state index >= 15 is 0 Å². The van der Waals surface area contributed by atoms with E-state index < -0.39 is 27.3 Å². The highest BCUT2D eigenvalue weighted by Crippen LogP contribution is 2.29. The minimum Gasteiger partial charge on any atom is -0.506 e. The number of halogens is 3. The minimum atomic E-state index is -5.81. The van der Waals surface area contributed by atoms with Gasteiger partial charge in [0.1, 0.15) is 5.75 Å². The molecule has 0 unspecified atom stereocenters. The second-order valence-electron chi connectivity index (χ2n) is 9.61. The van der Waals surface area contributed by atoms with Crippen LogP contribution in [0, 0.1) is 0 Å². The number of nitrogens with zero attached hydrogens (tertiary/aromatic N) is 6. The molecule has 4 heterocycles. The van der Waals surface area contributed by atoms with Crippen molar-refractivity contribution < 1.29 is 40.4 Å². The van der Waals surface area contributed by atoms with E-state index in [0.29, 0.717) is 11.4 Å². The molecule has 48 heavy (non-hydrogen) atoms. The summed E-state index contributed by atoms with van der Waals surface area (Å²) < 4.78 is 71.8. The van der Waals surface area contributed by atoms with Crippen molar-refractivity contribution in [1.29, 1.82) is 0 Å². The Morgan fingerprint density at radius 2 is 1.42 bits per heavy atom. The predicted molar refractivity (Wildman–Crippen MR) is 167 cm³/mol. The summed E-state index contributed by atoms with van der Waals surface area (Å²) in [5.41, 5.74) is -1.80. The number of aromatic nitrogens is 6. The van der Waals surface area contributed by atoms with Crippen LogP contribution in [0.3, 0.4) is 0 Å². The molecule has 0 saturated carbocycles. The number of hydrogen-bond acceptors (Lipinski definition) is 10. The minimum absolute atomic E-state index is 0.00233. The predicted octanol–water partition coefficient (Wildman–Crippen LogP) is 5.98. The Labute approximate surface area is 271 Å². The first-order chi connectivity index (χ1) is 23.0. The maximum absolute atomic E-state index is 12.5. The van der Waals surface area contributed by atoms with Gasteiger partial charge < -0.3 is 14.0 Å². The molecule has 0 spiro atoms. The van der Waals surface area contributed by atoms with E-state index in [1.807, 2.05) is 41.1 Å². The van der Waals surface area contributed by atoms with E-state index in [1.165, 1.54) is 23.0 Å². The summed E-state index contributed by atoms with van der Waals surface area (Å²) in [7, 11) is -5.81. The molecular formula is C32H25F3N6O6S. The number of pyridine rings is 2. The number of carbonyl (C=O) groups excluding carboxylic acids is 1. The Kier molecular flexibility index (Phi) is 9.84. The van der Waals surface area contributed by atoms with Crippen LogP contribution < -0.4 is 4.18 Å². The van der Waals surface area contributed by atoms with Crippen LogP contribution in [0.1, 0.15) is 17.4 Å². The van der Waals surface area contributed by atoms with Crippen molar-refractivity contribution >= 4 is 16.1 Å². The van der Waals surface area contributed by atoms with Crippen LogP contribution in [0.5, 0.6) is 11.5 Å². The highest BCUT2D eigenvalue weighted by atomic mass is 32.2. The first-order valence-corrected chi connectivity index (χ1v) is 15.4. The zero-order chi connectivity index (χ0) is 34.3. The molecular weight excluding hydrogens is 653 g/mol. The van der Waals surface area contributed by atoms with Gasteiger partial charge in [0.25, 0.3) is 0 Å². The largest absolute Gasteiger partial charge is 0.534 e. The lowest BCUT2D eigenvalue weighted by Crippen LogP contribution is -2.28. The quantitative estimate of drug-likeness (QED) is 0.116. The first kappa shape index (κ1) is 33.3. The van der Waals surface area contributed by atoms with Gasteiger partial charge in [0.05, 0.1) is 59.3 Å². The highest BCUT2D eigenvalue weighted by molar-refractivity contribution is 7.88. The number of para-hydroxylation sites is 2. The monoisotopic (exact) mass is 678 g/mol. The maximum Gasteiger partial charge on any atom is 0.534 e. The fourth-order valence-electron chi connectivity index (χ4n) is 4.20. The summed E-state index contributed by atoms with van der Waals surface area (Å²) in [6.07, 6.45) is 3.99. The van der Waals surface area contributed by atoms with E-state index in [2.05, 4.69) is 24.3 Å². The number of ether oxygens (including phenoxy) is 1. The van der Waals surface area contributed by atoms with Crippen molar-refractivity contribution in [1.82, 2.24) is 29.5 Å². The molecule has 0 fully saturated rings. The van der Waals surface area contributed by atoms with Crippen molar-refractivity contribution in [3.8, 4) is 45.6 Å². The van der Waals surface area contributed by atoms with Crippen LogP contribution >= 0.6 is 0 Å². The molecule has 16 heteroatoms.